The Morgan fingerprint density at radius 1 is 1.10 bits per heavy atom. The molecule has 116 valence electrons. The summed E-state index contributed by atoms with van der Waals surface area (Å²) in [5.41, 5.74) is 0.329. The fraction of sp³-hybridized carbons (Fsp3) is 0.700. The van der Waals surface area contributed by atoms with Crippen LogP contribution in [0, 0.1) is 3.57 Å². The lowest BCUT2D eigenvalue weighted by molar-refractivity contribution is -0.146. The van der Waals surface area contributed by atoms with E-state index >= 15 is 0 Å². The van der Waals surface area contributed by atoms with Crippen molar-refractivity contribution in [2.24, 2.45) is 0 Å². The molecule has 0 unspecified atom stereocenters. The number of aromatic nitrogens is 2. The average molecular weight is 416 g/mol. The van der Waals surface area contributed by atoms with Gasteiger partial charge in [0, 0.05) is 12.7 Å². The van der Waals surface area contributed by atoms with Crippen molar-refractivity contribution in [3.8, 4) is 0 Å². The van der Waals surface area contributed by atoms with E-state index in [2.05, 4.69) is 5.10 Å². The zero-order valence-electron chi connectivity index (χ0n) is 10.1. The third-order valence-electron chi connectivity index (χ3n) is 2.18. The Bertz CT molecular complexity index is 428. The lowest BCUT2D eigenvalue weighted by atomic mass is 10.4. The predicted molar refractivity (Wildman–Crippen MR) is 65.9 cm³/mol. The highest BCUT2D eigenvalue weighted by Gasteiger charge is 2.27. The standard InChI is InChI=1S/C10H11F6IN2O/c11-9(12,13)1-3-19-5-7(17)8(18-19)6-20-4-2-10(14,15)16/h5H,1-4,6H2. The molecule has 0 fully saturated rings. The van der Waals surface area contributed by atoms with Gasteiger partial charge in [-0.3, -0.25) is 4.68 Å². The van der Waals surface area contributed by atoms with Crippen molar-refractivity contribution in [3.63, 3.8) is 0 Å². The molecule has 0 bridgehead atoms. The van der Waals surface area contributed by atoms with E-state index in [1.165, 1.54) is 6.20 Å². The van der Waals surface area contributed by atoms with Crippen LogP contribution in [0.4, 0.5) is 26.3 Å². The van der Waals surface area contributed by atoms with Crippen LogP contribution in [0.5, 0.6) is 0 Å². The Morgan fingerprint density at radius 3 is 2.25 bits per heavy atom. The van der Waals surface area contributed by atoms with E-state index < -0.39 is 31.8 Å². The van der Waals surface area contributed by atoms with E-state index in [0.717, 1.165) is 4.68 Å². The van der Waals surface area contributed by atoms with Crippen molar-refractivity contribution < 1.29 is 31.1 Å². The number of aryl methyl sites for hydroxylation is 1. The van der Waals surface area contributed by atoms with Crippen LogP contribution >= 0.6 is 22.6 Å². The SMILES string of the molecule is FC(F)(F)CCOCc1nn(CCC(F)(F)F)cc1I. The largest absolute Gasteiger partial charge is 0.391 e. The highest BCUT2D eigenvalue weighted by Crippen LogP contribution is 2.21. The van der Waals surface area contributed by atoms with Gasteiger partial charge >= 0.3 is 12.4 Å². The van der Waals surface area contributed by atoms with Crippen molar-refractivity contribution in [3.05, 3.63) is 15.5 Å². The molecule has 0 aliphatic heterocycles. The van der Waals surface area contributed by atoms with Gasteiger partial charge in [-0.25, -0.2) is 0 Å². The summed E-state index contributed by atoms with van der Waals surface area (Å²) < 4.78 is 78.2. The number of ether oxygens (including phenoxy) is 1. The molecule has 0 radical (unpaired) electrons. The maximum atomic E-state index is 12.0. The predicted octanol–water partition coefficient (Wildman–Crippen LogP) is 3.91. The average Bonchev–Trinajstić information content (AvgIpc) is 2.61. The highest BCUT2D eigenvalue weighted by molar-refractivity contribution is 14.1. The van der Waals surface area contributed by atoms with Crippen LogP contribution in [0.15, 0.2) is 6.20 Å². The number of rotatable bonds is 6. The van der Waals surface area contributed by atoms with Crippen molar-refractivity contribution in [2.45, 2.75) is 38.3 Å². The van der Waals surface area contributed by atoms with Gasteiger partial charge in [0.15, 0.2) is 0 Å². The molecule has 1 aromatic heterocycles. The van der Waals surface area contributed by atoms with Gasteiger partial charge in [-0.15, -0.1) is 0 Å². The number of hydrogen-bond acceptors (Lipinski definition) is 2. The summed E-state index contributed by atoms with van der Waals surface area (Å²) in [6.07, 6.45) is -9.26. The van der Waals surface area contributed by atoms with Crippen LogP contribution in [0.25, 0.3) is 0 Å². The van der Waals surface area contributed by atoms with Gasteiger partial charge in [-0.2, -0.15) is 31.4 Å². The molecule has 0 aromatic carbocycles. The molecule has 1 heterocycles. The number of hydrogen-bond donors (Lipinski definition) is 0. The van der Waals surface area contributed by atoms with Gasteiger partial charge in [0.1, 0.15) is 5.69 Å². The lowest BCUT2D eigenvalue weighted by Crippen LogP contribution is -2.13. The Kier molecular flexibility index (Phi) is 6.10. The van der Waals surface area contributed by atoms with Crippen LogP contribution in [0.3, 0.4) is 0 Å². The zero-order chi connectivity index (χ0) is 15.4. The van der Waals surface area contributed by atoms with Crippen molar-refractivity contribution in [1.82, 2.24) is 9.78 Å². The fourth-order valence-corrected chi connectivity index (χ4v) is 1.83. The van der Waals surface area contributed by atoms with Gasteiger partial charge in [0.25, 0.3) is 0 Å². The molecule has 10 heteroatoms. The summed E-state index contributed by atoms with van der Waals surface area (Å²) in [5, 5.41) is 3.85. The molecule has 0 saturated heterocycles. The second-order valence-electron chi connectivity index (χ2n) is 3.97. The summed E-state index contributed by atoms with van der Waals surface area (Å²) in [7, 11) is 0. The van der Waals surface area contributed by atoms with E-state index in [0.29, 0.717) is 9.26 Å². The van der Waals surface area contributed by atoms with Crippen LogP contribution in [0.2, 0.25) is 0 Å². The minimum absolute atomic E-state index is 0.159. The molecule has 3 nitrogen and oxygen atoms in total. The Hall–Kier alpha value is -0.520. The van der Waals surface area contributed by atoms with Crippen molar-refractivity contribution in [2.75, 3.05) is 6.61 Å². The first-order valence-corrected chi connectivity index (χ1v) is 6.58. The summed E-state index contributed by atoms with van der Waals surface area (Å²) >= 11 is 1.84. The minimum atomic E-state index is -4.29. The Balaban J connectivity index is 2.42. The Labute approximate surface area is 124 Å². The molecule has 0 spiro atoms. The van der Waals surface area contributed by atoms with Crippen LogP contribution < -0.4 is 0 Å². The monoisotopic (exact) mass is 416 g/mol. The van der Waals surface area contributed by atoms with E-state index in [1.54, 1.807) is 0 Å². The number of halogens is 7. The first-order valence-electron chi connectivity index (χ1n) is 5.50. The summed E-state index contributed by atoms with van der Waals surface area (Å²) in [5.74, 6) is 0. The first kappa shape index (κ1) is 17.5. The molecule has 0 aliphatic carbocycles. The molecule has 0 atom stereocenters. The van der Waals surface area contributed by atoms with Gasteiger partial charge in [-0.1, -0.05) is 0 Å². The third-order valence-corrected chi connectivity index (χ3v) is 3.08. The summed E-state index contributed by atoms with van der Waals surface area (Å²) in [4.78, 5) is 0. The van der Waals surface area contributed by atoms with Crippen LogP contribution in [-0.2, 0) is 17.9 Å². The van der Waals surface area contributed by atoms with Gasteiger partial charge in [0.05, 0.1) is 29.6 Å². The molecule has 20 heavy (non-hydrogen) atoms. The van der Waals surface area contributed by atoms with E-state index in [-0.39, 0.29) is 13.2 Å². The van der Waals surface area contributed by atoms with Crippen LogP contribution in [-0.4, -0.2) is 28.7 Å². The number of nitrogens with zero attached hydrogens (tertiary/aromatic N) is 2. The molecule has 0 aliphatic rings. The highest BCUT2D eigenvalue weighted by atomic mass is 127. The van der Waals surface area contributed by atoms with E-state index in [1.807, 2.05) is 22.6 Å². The normalized spacial score (nSPS) is 12.9. The lowest BCUT2D eigenvalue weighted by Gasteiger charge is -2.06. The zero-order valence-corrected chi connectivity index (χ0v) is 12.2. The molecular formula is C10H11F6IN2O. The van der Waals surface area contributed by atoms with Crippen LogP contribution in [0.1, 0.15) is 18.5 Å². The summed E-state index contributed by atoms with van der Waals surface area (Å²) in [6, 6.07) is 0. The molecule has 0 saturated carbocycles. The maximum Gasteiger partial charge on any atom is 0.391 e. The molecule has 0 amide bonds. The topological polar surface area (TPSA) is 27.1 Å². The minimum Gasteiger partial charge on any atom is -0.375 e. The quantitative estimate of drug-likeness (QED) is 0.400. The van der Waals surface area contributed by atoms with Gasteiger partial charge < -0.3 is 4.74 Å². The molecule has 1 rings (SSSR count). The van der Waals surface area contributed by atoms with E-state index in [9.17, 15) is 26.3 Å². The molecule has 1 aromatic rings. The van der Waals surface area contributed by atoms with Gasteiger partial charge in [-0.05, 0) is 22.6 Å². The Morgan fingerprint density at radius 2 is 1.70 bits per heavy atom. The first-order chi connectivity index (χ1) is 9.07. The third kappa shape index (κ3) is 7.31. The van der Waals surface area contributed by atoms with E-state index in [4.69, 9.17) is 4.74 Å². The van der Waals surface area contributed by atoms with Crippen molar-refractivity contribution in [1.29, 1.82) is 0 Å². The molecule has 0 N–H and O–H groups in total. The van der Waals surface area contributed by atoms with Gasteiger partial charge in [0.2, 0.25) is 0 Å². The van der Waals surface area contributed by atoms with Crippen molar-refractivity contribution >= 4 is 22.6 Å². The smallest absolute Gasteiger partial charge is 0.375 e. The second kappa shape index (κ2) is 6.96. The second-order valence-corrected chi connectivity index (χ2v) is 5.13. The fourth-order valence-electron chi connectivity index (χ4n) is 1.25. The molecular weight excluding hydrogens is 405 g/mol. The summed E-state index contributed by atoms with van der Waals surface area (Å²) in [6.45, 7) is -0.996. The number of alkyl halides is 6. The maximum absolute atomic E-state index is 12.0.